The molecule has 2 aliphatic rings. The van der Waals surface area contributed by atoms with Crippen LogP contribution in [0.15, 0.2) is 18.2 Å². The zero-order valence-corrected chi connectivity index (χ0v) is 11.9. The number of alkyl halides is 1. The van der Waals surface area contributed by atoms with Crippen molar-refractivity contribution in [3.05, 3.63) is 29.3 Å². The van der Waals surface area contributed by atoms with E-state index in [1.807, 2.05) is 0 Å². The third-order valence-electron chi connectivity index (χ3n) is 4.80. The van der Waals surface area contributed by atoms with Gasteiger partial charge in [0.25, 0.3) is 0 Å². The van der Waals surface area contributed by atoms with Crippen LogP contribution in [0.25, 0.3) is 0 Å². The normalized spacial score (nSPS) is 27.3. The van der Waals surface area contributed by atoms with Gasteiger partial charge in [-0.1, -0.05) is 12.5 Å². The first-order valence-corrected chi connectivity index (χ1v) is 7.75. The highest BCUT2D eigenvalue weighted by molar-refractivity contribution is 6.17. The number of nitrogens with zero attached hydrogens (tertiary/aromatic N) is 1. The van der Waals surface area contributed by atoms with Crippen LogP contribution in [0, 0.1) is 12.8 Å². The molecule has 1 nitrogen and oxygen atoms in total. The Bertz CT molecular complexity index is 429. The zero-order valence-electron chi connectivity index (χ0n) is 11.2. The van der Waals surface area contributed by atoms with Crippen LogP contribution in [0.5, 0.6) is 0 Å². The Morgan fingerprint density at radius 2 is 2.06 bits per heavy atom. The smallest absolute Gasteiger partial charge is 0.0476 e. The summed E-state index contributed by atoms with van der Waals surface area (Å²) in [6, 6.07) is 7.61. The summed E-state index contributed by atoms with van der Waals surface area (Å²) in [7, 11) is 0. The van der Waals surface area contributed by atoms with Crippen molar-refractivity contribution in [2.45, 2.75) is 50.9 Å². The Labute approximate surface area is 115 Å². The highest BCUT2D eigenvalue weighted by Gasteiger charge is 2.34. The molecule has 0 radical (unpaired) electrons. The number of anilines is 1. The molecule has 0 aromatic heterocycles. The van der Waals surface area contributed by atoms with E-state index in [0.717, 1.165) is 12.0 Å². The Balaban J connectivity index is 1.87. The summed E-state index contributed by atoms with van der Waals surface area (Å²) in [6.07, 6.45) is 7.06. The van der Waals surface area contributed by atoms with Crippen LogP contribution < -0.4 is 4.90 Å². The number of hydrogen-bond acceptors (Lipinski definition) is 1. The molecule has 1 saturated heterocycles. The first-order valence-electron chi connectivity index (χ1n) is 7.21. The van der Waals surface area contributed by atoms with Gasteiger partial charge in [-0.15, -0.1) is 11.6 Å². The molecule has 2 heteroatoms. The SMILES string of the molecule is Cc1cc(N2CCCC3CCCC32)ccc1CCl. The van der Waals surface area contributed by atoms with Crippen LogP contribution in [0.2, 0.25) is 0 Å². The summed E-state index contributed by atoms with van der Waals surface area (Å²) in [4.78, 5) is 2.66. The third kappa shape index (κ3) is 2.14. The maximum Gasteiger partial charge on any atom is 0.0476 e. The van der Waals surface area contributed by atoms with Gasteiger partial charge in [-0.25, -0.2) is 0 Å². The van der Waals surface area contributed by atoms with Crippen molar-refractivity contribution < 1.29 is 0 Å². The second-order valence-corrected chi connectivity index (χ2v) is 6.11. The minimum Gasteiger partial charge on any atom is -0.368 e. The fraction of sp³-hybridized carbons (Fsp3) is 0.625. The van der Waals surface area contributed by atoms with E-state index in [4.69, 9.17) is 11.6 Å². The molecular weight excluding hydrogens is 242 g/mol. The number of fused-ring (bicyclic) bond motifs is 1. The molecule has 1 aliphatic heterocycles. The lowest BCUT2D eigenvalue weighted by Crippen LogP contribution is -2.42. The van der Waals surface area contributed by atoms with E-state index in [1.165, 1.54) is 55.5 Å². The highest BCUT2D eigenvalue weighted by Crippen LogP contribution is 2.39. The first-order chi connectivity index (χ1) is 8.79. The Kier molecular flexibility index (Phi) is 3.52. The number of rotatable bonds is 2. The van der Waals surface area contributed by atoms with Gasteiger partial charge in [-0.2, -0.15) is 0 Å². The van der Waals surface area contributed by atoms with Crippen molar-refractivity contribution in [1.82, 2.24) is 0 Å². The molecule has 1 aromatic rings. The predicted octanol–water partition coefficient (Wildman–Crippen LogP) is 4.50. The van der Waals surface area contributed by atoms with Crippen molar-refractivity contribution in [1.29, 1.82) is 0 Å². The summed E-state index contributed by atoms with van der Waals surface area (Å²) < 4.78 is 0. The van der Waals surface area contributed by atoms with E-state index in [0.29, 0.717) is 5.88 Å². The van der Waals surface area contributed by atoms with Gasteiger partial charge in [0.05, 0.1) is 0 Å². The summed E-state index contributed by atoms with van der Waals surface area (Å²) in [6.45, 7) is 3.41. The largest absolute Gasteiger partial charge is 0.368 e. The van der Waals surface area contributed by atoms with Crippen molar-refractivity contribution in [2.75, 3.05) is 11.4 Å². The monoisotopic (exact) mass is 263 g/mol. The Morgan fingerprint density at radius 1 is 1.22 bits per heavy atom. The maximum absolute atomic E-state index is 5.95. The van der Waals surface area contributed by atoms with Crippen LogP contribution in [-0.2, 0) is 5.88 Å². The molecule has 1 aliphatic carbocycles. The molecule has 0 spiro atoms. The molecular formula is C16H22ClN. The number of benzene rings is 1. The molecule has 1 heterocycles. The number of hydrogen-bond donors (Lipinski definition) is 0. The lowest BCUT2D eigenvalue weighted by molar-refractivity contribution is 0.362. The molecule has 3 rings (SSSR count). The van der Waals surface area contributed by atoms with Gasteiger partial charge in [0.15, 0.2) is 0 Å². The van der Waals surface area contributed by atoms with E-state index in [-0.39, 0.29) is 0 Å². The van der Waals surface area contributed by atoms with Gasteiger partial charge in [0, 0.05) is 24.2 Å². The average Bonchev–Trinajstić information content (AvgIpc) is 2.86. The number of aryl methyl sites for hydroxylation is 1. The van der Waals surface area contributed by atoms with Crippen molar-refractivity contribution in [2.24, 2.45) is 5.92 Å². The molecule has 98 valence electrons. The minimum atomic E-state index is 0.623. The van der Waals surface area contributed by atoms with Crippen molar-refractivity contribution in [3.63, 3.8) is 0 Å². The summed E-state index contributed by atoms with van der Waals surface area (Å²) in [5.74, 6) is 1.57. The van der Waals surface area contributed by atoms with Gasteiger partial charge in [0.2, 0.25) is 0 Å². The maximum atomic E-state index is 5.95. The molecule has 18 heavy (non-hydrogen) atoms. The van der Waals surface area contributed by atoms with E-state index < -0.39 is 0 Å². The summed E-state index contributed by atoms with van der Waals surface area (Å²) in [5, 5.41) is 0. The van der Waals surface area contributed by atoms with Crippen LogP contribution in [-0.4, -0.2) is 12.6 Å². The van der Waals surface area contributed by atoms with Crippen LogP contribution in [0.4, 0.5) is 5.69 Å². The van der Waals surface area contributed by atoms with Crippen LogP contribution in [0.3, 0.4) is 0 Å². The molecule has 2 fully saturated rings. The number of piperidine rings is 1. The molecule has 2 atom stereocenters. The van der Waals surface area contributed by atoms with E-state index in [1.54, 1.807) is 0 Å². The lowest BCUT2D eigenvalue weighted by Gasteiger charge is -2.39. The first kappa shape index (κ1) is 12.3. The molecule has 0 amide bonds. The molecule has 1 aromatic carbocycles. The molecule has 0 bridgehead atoms. The minimum absolute atomic E-state index is 0.623. The van der Waals surface area contributed by atoms with Gasteiger partial charge in [-0.05, 0) is 61.8 Å². The van der Waals surface area contributed by atoms with Crippen LogP contribution in [0.1, 0.15) is 43.2 Å². The predicted molar refractivity (Wildman–Crippen MR) is 78.4 cm³/mol. The summed E-state index contributed by atoms with van der Waals surface area (Å²) in [5.41, 5.74) is 4.01. The second kappa shape index (κ2) is 5.13. The topological polar surface area (TPSA) is 3.24 Å². The van der Waals surface area contributed by atoms with Gasteiger partial charge in [0.1, 0.15) is 0 Å². The zero-order chi connectivity index (χ0) is 12.5. The molecule has 1 saturated carbocycles. The quantitative estimate of drug-likeness (QED) is 0.710. The lowest BCUT2D eigenvalue weighted by atomic mass is 9.91. The second-order valence-electron chi connectivity index (χ2n) is 5.84. The van der Waals surface area contributed by atoms with Gasteiger partial charge in [-0.3, -0.25) is 0 Å². The fourth-order valence-electron chi connectivity index (χ4n) is 3.78. The van der Waals surface area contributed by atoms with E-state index in [9.17, 15) is 0 Å². The Hall–Kier alpha value is -0.690. The molecule has 0 N–H and O–H groups in total. The Morgan fingerprint density at radius 3 is 2.83 bits per heavy atom. The highest BCUT2D eigenvalue weighted by atomic mass is 35.5. The third-order valence-corrected chi connectivity index (χ3v) is 5.08. The van der Waals surface area contributed by atoms with Crippen molar-refractivity contribution in [3.8, 4) is 0 Å². The fourth-order valence-corrected chi connectivity index (χ4v) is 4.08. The standard InChI is InChI=1S/C16H22ClN/c1-12-10-15(8-7-14(12)11-17)18-9-3-5-13-4-2-6-16(13)18/h7-8,10,13,16H,2-6,9,11H2,1H3. The van der Waals surface area contributed by atoms with Crippen molar-refractivity contribution >= 4 is 17.3 Å². The van der Waals surface area contributed by atoms with E-state index >= 15 is 0 Å². The summed E-state index contributed by atoms with van der Waals surface area (Å²) >= 11 is 5.95. The van der Waals surface area contributed by atoms with Gasteiger partial charge >= 0.3 is 0 Å². The number of halogens is 1. The van der Waals surface area contributed by atoms with Crippen LogP contribution >= 0.6 is 11.6 Å². The average molecular weight is 264 g/mol. The molecule has 2 unspecified atom stereocenters. The van der Waals surface area contributed by atoms with E-state index in [2.05, 4.69) is 30.0 Å². The van der Waals surface area contributed by atoms with Gasteiger partial charge < -0.3 is 4.90 Å².